The fraction of sp³-hybridized carbons (Fsp3) is 0.250. The summed E-state index contributed by atoms with van der Waals surface area (Å²) in [6, 6.07) is 7.26. The van der Waals surface area contributed by atoms with Crippen LogP contribution in [0.5, 0.6) is 5.75 Å². The van der Waals surface area contributed by atoms with Gasteiger partial charge in [-0.3, -0.25) is 0 Å². The average molecular weight is 297 g/mol. The molecule has 0 N–H and O–H groups in total. The van der Waals surface area contributed by atoms with Gasteiger partial charge in [-0.2, -0.15) is 0 Å². The number of benzene rings is 2. The van der Waals surface area contributed by atoms with E-state index in [0.29, 0.717) is 11.4 Å². The summed E-state index contributed by atoms with van der Waals surface area (Å²) >= 11 is 5.81. The number of ether oxygens (including phenoxy) is 1. The Labute approximate surface area is 122 Å². The van der Waals surface area contributed by atoms with Crippen LogP contribution in [0, 0.1) is 25.5 Å². The van der Waals surface area contributed by atoms with Crippen molar-refractivity contribution < 1.29 is 13.5 Å². The van der Waals surface area contributed by atoms with Crippen LogP contribution >= 0.6 is 11.6 Å². The van der Waals surface area contributed by atoms with Crippen molar-refractivity contribution in [3.8, 4) is 5.75 Å². The molecule has 0 bridgehead atoms. The van der Waals surface area contributed by atoms with Gasteiger partial charge in [0.1, 0.15) is 24.0 Å². The molecule has 0 amide bonds. The lowest BCUT2D eigenvalue weighted by Crippen LogP contribution is -2.01. The Hall–Kier alpha value is -1.61. The van der Waals surface area contributed by atoms with Gasteiger partial charge in [0.15, 0.2) is 0 Å². The highest BCUT2D eigenvalue weighted by molar-refractivity contribution is 6.17. The maximum Gasteiger partial charge on any atom is 0.126 e. The number of hydrogen-bond acceptors (Lipinski definition) is 1. The minimum atomic E-state index is -0.602. The minimum absolute atomic E-state index is 0.122. The fourth-order valence-corrected chi connectivity index (χ4v) is 2.35. The zero-order valence-corrected chi connectivity index (χ0v) is 12.1. The van der Waals surface area contributed by atoms with Gasteiger partial charge < -0.3 is 4.74 Å². The summed E-state index contributed by atoms with van der Waals surface area (Å²) in [7, 11) is 0. The second-order valence-electron chi connectivity index (χ2n) is 4.76. The first-order valence-corrected chi connectivity index (χ1v) is 6.77. The number of aryl methyl sites for hydroxylation is 2. The third-order valence-corrected chi connectivity index (χ3v) is 3.29. The molecular formula is C16H15ClF2O. The lowest BCUT2D eigenvalue weighted by Gasteiger charge is -2.13. The van der Waals surface area contributed by atoms with Crippen molar-refractivity contribution in [2.75, 3.05) is 0 Å². The van der Waals surface area contributed by atoms with E-state index in [0.717, 1.165) is 28.5 Å². The van der Waals surface area contributed by atoms with Gasteiger partial charge in [0.05, 0.1) is 0 Å². The van der Waals surface area contributed by atoms with Crippen molar-refractivity contribution in [2.45, 2.75) is 26.3 Å². The molecule has 0 aromatic heterocycles. The first kappa shape index (κ1) is 14.8. The monoisotopic (exact) mass is 296 g/mol. The van der Waals surface area contributed by atoms with Crippen LogP contribution in [-0.4, -0.2) is 0 Å². The molecule has 2 rings (SSSR count). The molecule has 0 atom stereocenters. The zero-order chi connectivity index (χ0) is 14.7. The van der Waals surface area contributed by atoms with Gasteiger partial charge in [-0.25, -0.2) is 8.78 Å². The van der Waals surface area contributed by atoms with Crippen LogP contribution in [0.2, 0.25) is 0 Å². The number of hydrogen-bond donors (Lipinski definition) is 0. The number of rotatable bonds is 4. The van der Waals surface area contributed by atoms with Crippen molar-refractivity contribution in [1.82, 2.24) is 0 Å². The van der Waals surface area contributed by atoms with E-state index >= 15 is 0 Å². The van der Waals surface area contributed by atoms with E-state index in [2.05, 4.69) is 0 Å². The summed E-state index contributed by atoms with van der Waals surface area (Å²) < 4.78 is 31.9. The second kappa shape index (κ2) is 6.23. The van der Waals surface area contributed by atoms with E-state index in [1.54, 1.807) is 0 Å². The van der Waals surface area contributed by atoms with E-state index in [1.165, 1.54) is 12.1 Å². The topological polar surface area (TPSA) is 9.23 Å². The maximum atomic E-state index is 13.1. The normalized spacial score (nSPS) is 10.7. The van der Waals surface area contributed by atoms with E-state index in [4.69, 9.17) is 16.3 Å². The van der Waals surface area contributed by atoms with Crippen molar-refractivity contribution >= 4 is 11.6 Å². The molecule has 2 aromatic rings. The summed E-state index contributed by atoms with van der Waals surface area (Å²) in [6.45, 7) is 3.96. The Kier molecular flexibility index (Phi) is 4.61. The Morgan fingerprint density at radius 2 is 1.45 bits per heavy atom. The third-order valence-electron chi connectivity index (χ3n) is 2.98. The second-order valence-corrected chi connectivity index (χ2v) is 5.03. The van der Waals surface area contributed by atoms with Gasteiger partial charge in [0, 0.05) is 11.9 Å². The van der Waals surface area contributed by atoms with Crippen molar-refractivity contribution in [3.63, 3.8) is 0 Å². The Bertz CT molecular complexity index is 583. The molecular weight excluding hydrogens is 282 g/mol. The summed E-state index contributed by atoms with van der Waals surface area (Å²) in [4.78, 5) is 0. The van der Waals surface area contributed by atoms with Gasteiger partial charge in [0.25, 0.3) is 0 Å². The van der Waals surface area contributed by atoms with Gasteiger partial charge >= 0.3 is 0 Å². The Balaban J connectivity index is 2.18. The van der Waals surface area contributed by atoms with Crippen LogP contribution in [0.4, 0.5) is 8.78 Å². The first-order valence-electron chi connectivity index (χ1n) is 6.23. The van der Waals surface area contributed by atoms with Gasteiger partial charge in [-0.15, -0.1) is 11.6 Å². The highest BCUT2D eigenvalue weighted by Gasteiger charge is 2.08. The predicted octanol–water partition coefficient (Wildman–Crippen LogP) is 4.90. The average Bonchev–Trinajstić information content (AvgIpc) is 2.36. The lowest BCUT2D eigenvalue weighted by molar-refractivity contribution is 0.300. The molecule has 106 valence electrons. The van der Waals surface area contributed by atoms with Crippen LogP contribution in [-0.2, 0) is 12.5 Å². The summed E-state index contributed by atoms with van der Waals surface area (Å²) in [5.41, 5.74) is 3.39. The highest BCUT2D eigenvalue weighted by Crippen LogP contribution is 2.26. The molecule has 0 aliphatic rings. The van der Waals surface area contributed by atoms with Gasteiger partial charge in [-0.05, 0) is 48.2 Å². The van der Waals surface area contributed by atoms with Crippen LogP contribution < -0.4 is 4.74 Å². The SMILES string of the molecule is Cc1cc(CCl)cc(C)c1OCc1cc(F)cc(F)c1. The molecule has 0 saturated carbocycles. The van der Waals surface area contributed by atoms with E-state index in [1.807, 2.05) is 26.0 Å². The van der Waals surface area contributed by atoms with Crippen LogP contribution in [0.15, 0.2) is 30.3 Å². The molecule has 0 heterocycles. The Morgan fingerprint density at radius 3 is 1.95 bits per heavy atom. The van der Waals surface area contributed by atoms with Crippen LogP contribution in [0.25, 0.3) is 0 Å². The molecule has 0 aliphatic carbocycles. The zero-order valence-electron chi connectivity index (χ0n) is 11.3. The molecule has 0 aliphatic heterocycles. The Morgan fingerprint density at radius 1 is 0.900 bits per heavy atom. The molecule has 0 unspecified atom stereocenters. The summed E-state index contributed by atoms with van der Waals surface area (Å²) in [5, 5.41) is 0. The lowest BCUT2D eigenvalue weighted by atomic mass is 10.1. The molecule has 0 radical (unpaired) electrons. The maximum absolute atomic E-state index is 13.1. The summed E-state index contributed by atoms with van der Waals surface area (Å²) in [5.74, 6) is -0.0375. The molecule has 20 heavy (non-hydrogen) atoms. The predicted molar refractivity (Wildman–Crippen MR) is 76.2 cm³/mol. The van der Waals surface area contributed by atoms with E-state index < -0.39 is 11.6 Å². The number of alkyl halides is 1. The molecule has 0 spiro atoms. The molecule has 2 aromatic carbocycles. The molecule has 0 saturated heterocycles. The standard InChI is InChI=1S/C16H15ClF2O/c1-10-3-12(8-17)4-11(2)16(10)20-9-13-5-14(18)7-15(19)6-13/h3-7H,8-9H2,1-2H3. The smallest absolute Gasteiger partial charge is 0.126 e. The van der Waals surface area contributed by atoms with Crippen molar-refractivity contribution in [3.05, 3.63) is 64.2 Å². The summed E-state index contributed by atoms with van der Waals surface area (Å²) in [6.07, 6.45) is 0. The quantitative estimate of drug-likeness (QED) is 0.729. The fourth-order valence-electron chi connectivity index (χ4n) is 2.19. The molecule has 4 heteroatoms. The third kappa shape index (κ3) is 3.48. The van der Waals surface area contributed by atoms with Gasteiger partial charge in [0.2, 0.25) is 0 Å². The van der Waals surface area contributed by atoms with Gasteiger partial charge in [-0.1, -0.05) is 12.1 Å². The largest absolute Gasteiger partial charge is 0.488 e. The number of halogens is 3. The van der Waals surface area contributed by atoms with E-state index in [9.17, 15) is 8.78 Å². The molecule has 0 fully saturated rings. The van der Waals surface area contributed by atoms with Crippen molar-refractivity contribution in [1.29, 1.82) is 0 Å². The molecule has 1 nitrogen and oxygen atoms in total. The van der Waals surface area contributed by atoms with Crippen LogP contribution in [0.1, 0.15) is 22.3 Å². The highest BCUT2D eigenvalue weighted by atomic mass is 35.5. The van der Waals surface area contributed by atoms with Crippen LogP contribution in [0.3, 0.4) is 0 Å². The van der Waals surface area contributed by atoms with E-state index in [-0.39, 0.29) is 6.61 Å². The van der Waals surface area contributed by atoms with Crippen molar-refractivity contribution in [2.24, 2.45) is 0 Å². The minimum Gasteiger partial charge on any atom is -0.488 e. The first-order chi connectivity index (χ1) is 9.49.